The molecule has 0 radical (unpaired) electrons. The van der Waals surface area contributed by atoms with Gasteiger partial charge in [0.2, 0.25) is 0 Å². The molecule has 1 unspecified atom stereocenters. The minimum absolute atomic E-state index is 0.0381. The first-order chi connectivity index (χ1) is 16.5. The highest BCUT2D eigenvalue weighted by atomic mass is 16.5. The average Bonchev–Trinajstić information content (AvgIpc) is 3.16. The standard InChI is InChI=1S/C28H34N2O4/c1-3-14-29(15-4-2)17-20-8-10-21(11-9-20)19-34-27-7-5-6-23-24(27)18-30(28(23)33)25-13-12-22(31)16-26(25)32/h5-11,25H,3-4,12-19H2,1-2H3. The molecule has 6 heteroatoms. The van der Waals surface area contributed by atoms with Gasteiger partial charge in [-0.25, -0.2) is 0 Å². The van der Waals surface area contributed by atoms with E-state index in [2.05, 4.69) is 43.0 Å². The Bertz CT molecular complexity index is 1040. The molecule has 6 nitrogen and oxygen atoms in total. The number of ether oxygens (including phenoxy) is 1. The number of ketones is 2. The van der Waals surface area contributed by atoms with E-state index in [1.807, 2.05) is 12.1 Å². The first-order valence-electron chi connectivity index (χ1n) is 12.4. The zero-order valence-electron chi connectivity index (χ0n) is 20.2. The summed E-state index contributed by atoms with van der Waals surface area (Å²) in [4.78, 5) is 41.1. The van der Waals surface area contributed by atoms with E-state index in [4.69, 9.17) is 4.74 Å². The summed E-state index contributed by atoms with van der Waals surface area (Å²) in [5.41, 5.74) is 3.78. The molecule has 34 heavy (non-hydrogen) atoms. The average molecular weight is 463 g/mol. The van der Waals surface area contributed by atoms with E-state index in [1.54, 1.807) is 11.0 Å². The van der Waals surface area contributed by atoms with Gasteiger partial charge in [0.25, 0.3) is 5.91 Å². The zero-order chi connectivity index (χ0) is 24.1. The molecule has 0 spiro atoms. The molecule has 1 amide bonds. The van der Waals surface area contributed by atoms with Crippen molar-refractivity contribution in [1.29, 1.82) is 0 Å². The highest BCUT2D eigenvalue weighted by Crippen LogP contribution is 2.34. The van der Waals surface area contributed by atoms with Gasteiger partial charge in [0, 0.05) is 24.1 Å². The lowest BCUT2D eigenvalue weighted by molar-refractivity contribution is -0.133. The molecule has 1 heterocycles. The van der Waals surface area contributed by atoms with Crippen molar-refractivity contribution in [3.63, 3.8) is 0 Å². The van der Waals surface area contributed by atoms with Crippen LogP contribution in [0.1, 0.15) is 73.0 Å². The highest BCUT2D eigenvalue weighted by molar-refractivity contribution is 6.07. The molecular formula is C28H34N2O4. The number of hydrogen-bond donors (Lipinski definition) is 0. The molecule has 2 aliphatic rings. The van der Waals surface area contributed by atoms with Gasteiger partial charge in [0.05, 0.1) is 19.0 Å². The summed E-state index contributed by atoms with van der Waals surface area (Å²) in [5.74, 6) is 0.329. The quantitative estimate of drug-likeness (QED) is 0.485. The van der Waals surface area contributed by atoms with Crippen LogP contribution in [0.5, 0.6) is 5.75 Å². The predicted molar refractivity (Wildman–Crippen MR) is 131 cm³/mol. The molecule has 1 fully saturated rings. The Morgan fingerprint density at radius 2 is 1.68 bits per heavy atom. The number of hydrogen-bond acceptors (Lipinski definition) is 5. The summed E-state index contributed by atoms with van der Waals surface area (Å²) < 4.78 is 6.13. The third kappa shape index (κ3) is 5.39. The van der Waals surface area contributed by atoms with Crippen molar-refractivity contribution in [2.75, 3.05) is 13.1 Å². The maximum atomic E-state index is 13.0. The minimum Gasteiger partial charge on any atom is -0.489 e. The van der Waals surface area contributed by atoms with Crippen LogP contribution in [0.2, 0.25) is 0 Å². The van der Waals surface area contributed by atoms with Crippen molar-refractivity contribution < 1.29 is 19.1 Å². The number of nitrogens with zero attached hydrogens (tertiary/aromatic N) is 2. The molecule has 180 valence electrons. The molecule has 1 saturated carbocycles. The maximum absolute atomic E-state index is 13.0. The Hall–Kier alpha value is -2.99. The molecule has 2 aromatic rings. The SMILES string of the molecule is CCCN(CCC)Cc1ccc(COc2cccc3c2CN(C2CCC(=O)CC2=O)C3=O)cc1. The second-order valence-corrected chi connectivity index (χ2v) is 9.33. The van der Waals surface area contributed by atoms with Gasteiger partial charge in [-0.15, -0.1) is 0 Å². The van der Waals surface area contributed by atoms with Crippen LogP contribution in [0.4, 0.5) is 0 Å². The molecule has 0 saturated heterocycles. The van der Waals surface area contributed by atoms with Crippen LogP contribution >= 0.6 is 0 Å². The lowest BCUT2D eigenvalue weighted by Crippen LogP contribution is -2.44. The summed E-state index contributed by atoms with van der Waals surface area (Å²) in [6.07, 6.45) is 3.00. The van der Waals surface area contributed by atoms with Crippen molar-refractivity contribution in [1.82, 2.24) is 9.80 Å². The van der Waals surface area contributed by atoms with Crippen LogP contribution in [0.15, 0.2) is 42.5 Å². The lowest BCUT2D eigenvalue weighted by Gasteiger charge is -2.29. The lowest BCUT2D eigenvalue weighted by atomic mass is 9.92. The third-order valence-corrected chi connectivity index (χ3v) is 6.67. The van der Waals surface area contributed by atoms with Crippen molar-refractivity contribution in [3.05, 3.63) is 64.7 Å². The topological polar surface area (TPSA) is 66.9 Å². The van der Waals surface area contributed by atoms with Gasteiger partial charge in [-0.3, -0.25) is 19.3 Å². The van der Waals surface area contributed by atoms with Crippen LogP contribution in [-0.2, 0) is 29.3 Å². The molecule has 2 aromatic carbocycles. The van der Waals surface area contributed by atoms with Gasteiger partial charge in [0.15, 0.2) is 5.78 Å². The van der Waals surface area contributed by atoms with Crippen LogP contribution in [0, 0.1) is 0 Å². The van der Waals surface area contributed by atoms with Crippen molar-refractivity contribution in [2.24, 2.45) is 0 Å². The number of Topliss-reactive ketones (excluding diaryl/α,β-unsaturated/α-hetero) is 2. The first kappa shape index (κ1) is 24.1. The van der Waals surface area contributed by atoms with Gasteiger partial charge in [-0.05, 0) is 55.6 Å². The maximum Gasteiger partial charge on any atom is 0.255 e. The predicted octanol–water partition coefficient (Wildman–Crippen LogP) is 4.53. The van der Waals surface area contributed by atoms with Crippen LogP contribution in [0.3, 0.4) is 0 Å². The van der Waals surface area contributed by atoms with Gasteiger partial charge in [0.1, 0.15) is 18.1 Å². The molecule has 1 atom stereocenters. The smallest absolute Gasteiger partial charge is 0.255 e. The molecule has 1 aliphatic heterocycles. The molecule has 4 rings (SSSR count). The number of amides is 1. The van der Waals surface area contributed by atoms with E-state index < -0.39 is 6.04 Å². The Kier molecular flexibility index (Phi) is 7.78. The van der Waals surface area contributed by atoms with Gasteiger partial charge in [-0.2, -0.15) is 0 Å². The van der Waals surface area contributed by atoms with E-state index in [0.29, 0.717) is 37.3 Å². The minimum atomic E-state index is -0.516. The van der Waals surface area contributed by atoms with Crippen LogP contribution < -0.4 is 4.74 Å². The van der Waals surface area contributed by atoms with E-state index in [-0.39, 0.29) is 23.9 Å². The highest BCUT2D eigenvalue weighted by Gasteiger charge is 2.39. The molecular weight excluding hydrogens is 428 g/mol. The van der Waals surface area contributed by atoms with E-state index >= 15 is 0 Å². The van der Waals surface area contributed by atoms with E-state index in [1.165, 1.54) is 5.56 Å². The number of carbonyl (C=O) groups is 3. The van der Waals surface area contributed by atoms with E-state index in [0.717, 1.165) is 43.6 Å². The Labute approximate surface area is 201 Å². The van der Waals surface area contributed by atoms with E-state index in [9.17, 15) is 14.4 Å². The second kappa shape index (κ2) is 11.0. The number of carbonyl (C=O) groups excluding carboxylic acids is 3. The Morgan fingerprint density at radius 3 is 2.35 bits per heavy atom. The molecule has 0 N–H and O–H groups in total. The largest absolute Gasteiger partial charge is 0.489 e. The second-order valence-electron chi connectivity index (χ2n) is 9.33. The van der Waals surface area contributed by atoms with Gasteiger partial charge in [-0.1, -0.05) is 44.2 Å². The molecule has 1 aliphatic carbocycles. The summed E-state index contributed by atoms with van der Waals surface area (Å²) in [7, 11) is 0. The number of fused-ring (bicyclic) bond motifs is 1. The monoisotopic (exact) mass is 462 g/mol. The molecule has 0 bridgehead atoms. The van der Waals surface area contributed by atoms with Crippen molar-refractivity contribution in [3.8, 4) is 5.75 Å². The first-order valence-corrected chi connectivity index (χ1v) is 12.4. The van der Waals surface area contributed by atoms with Crippen LogP contribution in [0.25, 0.3) is 0 Å². The third-order valence-electron chi connectivity index (χ3n) is 6.67. The van der Waals surface area contributed by atoms with Gasteiger partial charge < -0.3 is 9.64 Å². The fourth-order valence-corrected chi connectivity index (χ4v) is 4.96. The Balaban J connectivity index is 1.40. The fourth-order valence-electron chi connectivity index (χ4n) is 4.96. The zero-order valence-corrected chi connectivity index (χ0v) is 20.2. The summed E-state index contributed by atoms with van der Waals surface area (Å²) >= 11 is 0. The van der Waals surface area contributed by atoms with Crippen molar-refractivity contribution in [2.45, 2.75) is 71.7 Å². The number of rotatable bonds is 10. The molecule has 0 aromatic heterocycles. The van der Waals surface area contributed by atoms with Crippen molar-refractivity contribution >= 4 is 17.5 Å². The summed E-state index contributed by atoms with van der Waals surface area (Å²) in [5, 5.41) is 0. The summed E-state index contributed by atoms with van der Waals surface area (Å²) in [6.45, 7) is 8.35. The normalized spacial score (nSPS) is 18.0. The number of benzene rings is 2. The van der Waals surface area contributed by atoms with Crippen LogP contribution in [-0.4, -0.2) is 46.4 Å². The van der Waals surface area contributed by atoms with Gasteiger partial charge >= 0.3 is 0 Å². The summed E-state index contributed by atoms with van der Waals surface area (Å²) in [6, 6.07) is 13.5. The Morgan fingerprint density at radius 1 is 0.971 bits per heavy atom. The fraction of sp³-hybridized carbons (Fsp3) is 0.464.